The predicted octanol–water partition coefficient (Wildman–Crippen LogP) is 0.977. The van der Waals surface area contributed by atoms with E-state index in [0.717, 1.165) is 17.4 Å². The predicted molar refractivity (Wildman–Crippen MR) is 119 cm³/mol. The third-order valence-electron chi connectivity index (χ3n) is 5.72. The first-order chi connectivity index (χ1) is 15.1. The van der Waals surface area contributed by atoms with E-state index in [2.05, 4.69) is 10.3 Å². The van der Waals surface area contributed by atoms with Crippen LogP contribution in [0.5, 0.6) is 0 Å². The smallest absolute Gasteiger partial charge is 0.321 e. The number of amides is 1. The molecule has 4 rings (SSSR count). The highest BCUT2D eigenvalue weighted by atomic mass is 32.2. The first-order valence-electron chi connectivity index (χ1n) is 10.1. The van der Waals surface area contributed by atoms with Crippen molar-refractivity contribution in [2.45, 2.75) is 24.7 Å². The summed E-state index contributed by atoms with van der Waals surface area (Å²) in [5.41, 5.74) is 0.106. The number of rotatable bonds is 4. The molecule has 0 saturated carbocycles. The van der Waals surface area contributed by atoms with E-state index in [9.17, 15) is 22.8 Å². The van der Waals surface area contributed by atoms with Gasteiger partial charge >= 0.3 is 5.69 Å². The number of fused-ring (bicyclic) bond motifs is 1. The lowest BCUT2D eigenvalue weighted by molar-refractivity contribution is 0.102. The summed E-state index contributed by atoms with van der Waals surface area (Å²) in [4.78, 5) is 42.2. The van der Waals surface area contributed by atoms with Crippen LogP contribution in [0.4, 0.5) is 5.69 Å². The number of benzene rings is 1. The molecule has 1 aromatic carbocycles. The van der Waals surface area contributed by atoms with Gasteiger partial charge < -0.3 is 5.32 Å². The lowest BCUT2D eigenvalue weighted by Gasteiger charge is -2.16. The molecule has 1 saturated heterocycles. The van der Waals surface area contributed by atoms with E-state index < -0.39 is 27.2 Å². The normalized spacial score (nSPS) is 14.7. The summed E-state index contributed by atoms with van der Waals surface area (Å²) < 4.78 is 29.0. The van der Waals surface area contributed by atoms with Gasteiger partial charge in [0.1, 0.15) is 5.39 Å². The van der Waals surface area contributed by atoms with Crippen LogP contribution in [0.15, 0.2) is 44.9 Å². The summed E-state index contributed by atoms with van der Waals surface area (Å²) in [5.74, 6) is -0.512. The van der Waals surface area contributed by atoms with E-state index in [1.54, 1.807) is 6.92 Å². The van der Waals surface area contributed by atoms with Crippen molar-refractivity contribution in [1.29, 1.82) is 0 Å². The Balaban J connectivity index is 1.70. The quantitative estimate of drug-likeness (QED) is 0.623. The molecule has 10 nitrogen and oxygen atoms in total. The average molecular weight is 458 g/mol. The molecule has 0 unspecified atom stereocenters. The average Bonchev–Trinajstić information content (AvgIpc) is 3.33. The number of nitrogens with one attached hydrogen (secondary N) is 1. The molecule has 0 atom stereocenters. The fourth-order valence-electron chi connectivity index (χ4n) is 3.83. The Kier molecular flexibility index (Phi) is 5.47. The van der Waals surface area contributed by atoms with Crippen LogP contribution in [-0.4, -0.2) is 45.8 Å². The second-order valence-electron chi connectivity index (χ2n) is 7.81. The minimum absolute atomic E-state index is 0.121. The Morgan fingerprint density at radius 2 is 1.66 bits per heavy atom. The van der Waals surface area contributed by atoms with Gasteiger partial charge in [-0.05, 0) is 49.6 Å². The van der Waals surface area contributed by atoms with Crippen LogP contribution in [0.2, 0.25) is 0 Å². The molecule has 1 amide bonds. The summed E-state index contributed by atoms with van der Waals surface area (Å²) in [6.07, 6.45) is 3.15. The van der Waals surface area contributed by atoms with Crippen molar-refractivity contribution in [3.63, 3.8) is 0 Å². The number of hydrogen-bond donors (Lipinski definition) is 1. The zero-order valence-electron chi connectivity index (χ0n) is 18.0. The number of carbonyl (C=O) groups excluding carboxylic acids is 1. The number of aryl methyl sites for hydroxylation is 2. The number of carbonyl (C=O) groups is 1. The van der Waals surface area contributed by atoms with Gasteiger partial charge in [-0.25, -0.2) is 18.2 Å². The third kappa shape index (κ3) is 3.53. The molecule has 1 N–H and O–H groups in total. The van der Waals surface area contributed by atoms with Gasteiger partial charge in [-0.15, -0.1) is 0 Å². The highest BCUT2D eigenvalue weighted by molar-refractivity contribution is 7.89. The molecular formula is C21H23N5O5S. The number of nitrogens with zero attached hydrogens (tertiary/aromatic N) is 4. The van der Waals surface area contributed by atoms with Crippen LogP contribution in [0.3, 0.4) is 0 Å². The Morgan fingerprint density at radius 1 is 1.03 bits per heavy atom. The number of sulfonamides is 1. The van der Waals surface area contributed by atoms with Crippen LogP contribution < -0.4 is 16.6 Å². The highest BCUT2D eigenvalue weighted by Gasteiger charge is 2.27. The largest absolute Gasteiger partial charge is 0.332 e. The maximum Gasteiger partial charge on any atom is 0.332 e. The Morgan fingerprint density at radius 3 is 2.28 bits per heavy atom. The van der Waals surface area contributed by atoms with E-state index in [0.29, 0.717) is 18.7 Å². The van der Waals surface area contributed by atoms with Gasteiger partial charge in [0, 0.05) is 38.9 Å². The topological polar surface area (TPSA) is 123 Å². The fourth-order valence-corrected chi connectivity index (χ4v) is 5.34. The molecule has 1 fully saturated rings. The molecule has 1 aliphatic heterocycles. The molecule has 0 spiro atoms. The van der Waals surface area contributed by atoms with E-state index in [4.69, 9.17) is 0 Å². The number of hydrogen-bond acceptors (Lipinski definition) is 6. The first kappa shape index (κ1) is 21.9. The number of pyridine rings is 1. The second kappa shape index (κ2) is 7.99. The Labute approximate surface area is 184 Å². The van der Waals surface area contributed by atoms with Crippen LogP contribution in [0.1, 0.15) is 28.8 Å². The molecule has 3 heterocycles. The van der Waals surface area contributed by atoms with Crippen LogP contribution in [-0.2, 0) is 24.1 Å². The molecule has 32 heavy (non-hydrogen) atoms. The Hall–Kier alpha value is -3.31. The zero-order valence-corrected chi connectivity index (χ0v) is 18.8. The standard InChI is InChI=1S/C21H23N5O5S/c1-13-12-22-18-16(20(28)25(3)21(29)24(18)2)17(13)23-19(27)14-6-8-15(9-7-14)32(30,31)26-10-4-5-11-26/h6-9,12H,4-5,10-11H2,1-3H3,(H,22,23,27). The molecule has 0 aliphatic carbocycles. The van der Waals surface area contributed by atoms with Crippen molar-refractivity contribution in [1.82, 2.24) is 18.4 Å². The van der Waals surface area contributed by atoms with E-state index in [1.807, 2.05) is 0 Å². The van der Waals surface area contributed by atoms with Crippen molar-refractivity contribution in [3.05, 3.63) is 62.4 Å². The lowest BCUT2D eigenvalue weighted by atomic mass is 10.1. The van der Waals surface area contributed by atoms with E-state index in [1.165, 1.54) is 53.4 Å². The van der Waals surface area contributed by atoms with Crippen LogP contribution in [0.25, 0.3) is 11.0 Å². The SMILES string of the molecule is Cc1cnc2c(c1NC(=O)c1ccc(S(=O)(=O)N3CCCC3)cc1)c(=O)n(C)c(=O)n2C. The molecule has 0 radical (unpaired) electrons. The van der Waals surface area contributed by atoms with Gasteiger partial charge in [-0.2, -0.15) is 4.31 Å². The summed E-state index contributed by atoms with van der Waals surface area (Å²) in [5, 5.41) is 2.85. The van der Waals surface area contributed by atoms with E-state index >= 15 is 0 Å². The minimum atomic E-state index is -3.58. The first-order valence-corrected chi connectivity index (χ1v) is 11.5. The monoisotopic (exact) mass is 457 g/mol. The van der Waals surface area contributed by atoms with Crippen LogP contribution in [0, 0.1) is 6.92 Å². The lowest BCUT2D eigenvalue weighted by Crippen LogP contribution is -2.37. The number of anilines is 1. The van der Waals surface area contributed by atoms with Crippen LogP contribution >= 0.6 is 0 Å². The summed E-state index contributed by atoms with van der Waals surface area (Å²) in [6, 6.07) is 5.68. The van der Waals surface area contributed by atoms with Crippen molar-refractivity contribution in [2.75, 3.05) is 18.4 Å². The molecule has 11 heteroatoms. The van der Waals surface area contributed by atoms with Gasteiger partial charge in [-0.3, -0.25) is 18.7 Å². The summed E-state index contributed by atoms with van der Waals surface area (Å²) in [6.45, 7) is 2.69. The summed E-state index contributed by atoms with van der Waals surface area (Å²) in [7, 11) is -0.722. The van der Waals surface area contributed by atoms with Gasteiger partial charge in [0.15, 0.2) is 5.65 Å². The van der Waals surface area contributed by atoms with Gasteiger partial charge in [0.25, 0.3) is 11.5 Å². The second-order valence-corrected chi connectivity index (χ2v) is 9.75. The van der Waals surface area contributed by atoms with Gasteiger partial charge in [0.2, 0.25) is 10.0 Å². The highest BCUT2D eigenvalue weighted by Crippen LogP contribution is 2.24. The molecule has 1 aliphatic rings. The van der Waals surface area contributed by atoms with Crippen molar-refractivity contribution in [2.24, 2.45) is 14.1 Å². The molecule has 0 bridgehead atoms. The maximum absolute atomic E-state index is 12.9. The third-order valence-corrected chi connectivity index (χ3v) is 7.63. The van der Waals surface area contributed by atoms with E-state index in [-0.39, 0.29) is 27.2 Å². The minimum Gasteiger partial charge on any atom is -0.321 e. The Bertz CT molecular complexity index is 1450. The van der Waals surface area contributed by atoms with Gasteiger partial charge in [0.05, 0.1) is 10.6 Å². The van der Waals surface area contributed by atoms with Crippen molar-refractivity contribution >= 4 is 32.7 Å². The maximum atomic E-state index is 12.9. The van der Waals surface area contributed by atoms with Gasteiger partial charge in [-0.1, -0.05) is 0 Å². The number of aromatic nitrogens is 3. The molecule has 168 valence electrons. The molecule has 2 aromatic heterocycles. The van der Waals surface area contributed by atoms with Crippen molar-refractivity contribution in [3.8, 4) is 0 Å². The fraction of sp³-hybridized carbons (Fsp3) is 0.333. The molecular weight excluding hydrogens is 434 g/mol. The summed E-state index contributed by atoms with van der Waals surface area (Å²) >= 11 is 0. The molecule has 3 aromatic rings. The van der Waals surface area contributed by atoms with Crippen molar-refractivity contribution < 1.29 is 13.2 Å². The zero-order chi connectivity index (χ0) is 23.2.